The summed E-state index contributed by atoms with van der Waals surface area (Å²) in [5.74, 6) is -0.0819. The summed E-state index contributed by atoms with van der Waals surface area (Å²) in [5.41, 5.74) is 3.19. The number of carbonyl (C=O) groups excluding carboxylic acids is 1. The van der Waals surface area contributed by atoms with Gasteiger partial charge in [-0.1, -0.05) is 71.2 Å². The van der Waals surface area contributed by atoms with E-state index in [1.54, 1.807) is 12.1 Å². The average Bonchev–Trinajstić information content (AvgIpc) is 2.84. The van der Waals surface area contributed by atoms with Gasteiger partial charge in [0.2, 0.25) is 0 Å². The van der Waals surface area contributed by atoms with E-state index in [1.165, 1.54) is 0 Å². The van der Waals surface area contributed by atoms with Crippen LogP contribution in [0.15, 0.2) is 78.9 Å². The number of benzene rings is 3. The molecular formula is C26H20Cl3N3O. The minimum Gasteiger partial charge on any atom is -0.360 e. The molecule has 3 aromatic carbocycles. The molecule has 1 atom stereocenters. The summed E-state index contributed by atoms with van der Waals surface area (Å²) < 4.78 is 0. The molecular weight excluding hydrogens is 477 g/mol. The van der Waals surface area contributed by atoms with Gasteiger partial charge in [-0.2, -0.15) is 0 Å². The first-order chi connectivity index (χ1) is 16.0. The van der Waals surface area contributed by atoms with Gasteiger partial charge < -0.3 is 9.80 Å². The molecule has 0 saturated carbocycles. The number of carbonyl (C=O) groups is 1. The molecule has 4 aromatic rings. The molecule has 0 spiro atoms. The Bertz CT molecular complexity index is 1330. The van der Waals surface area contributed by atoms with Crippen LogP contribution in [0.3, 0.4) is 0 Å². The summed E-state index contributed by atoms with van der Waals surface area (Å²) in [5, 5.41) is 2.84. The Labute approximate surface area is 207 Å². The maximum absolute atomic E-state index is 13.4. The molecule has 1 aromatic heterocycles. The Morgan fingerprint density at radius 3 is 2.39 bits per heavy atom. The molecule has 166 valence electrons. The number of anilines is 1. The molecule has 2 heterocycles. The maximum atomic E-state index is 13.4. The summed E-state index contributed by atoms with van der Waals surface area (Å²) in [6.45, 7) is 1.66. The van der Waals surface area contributed by atoms with Gasteiger partial charge in [0.15, 0.2) is 0 Å². The Balaban J connectivity index is 1.48. The van der Waals surface area contributed by atoms with E-state index in [9.17, 15) is 4.79 Å². The van der Waals surface area contributed by atoms with Crippen molar-refractivity contribution in [3.8, 4) is 0 Å². The van der Waals surface area contributed by atoms with Crippen LogP contribution < -0.4 is 4.90 Å². The van der Waals surface area contributed by atoms with Crippen LogP contribution in [0.5, 0.6) is 0 Å². The van der Waals surface area contributed by atoms with Crippen LogP contribution in [-0.2, 0) is 0 Å². The molecule has 1 fully saturated rings. The second kappa shape index (κ2) is 9.22. The molecule has 1 amide bonds. The van der Waals surface area contributed by atoms with Crippen molar-refractivity contribution < 1.29 is 4.79 Å². The van der Waals surface area contributed by atoms with Crippen molar-refractivity contribution in [2.45, 2.75) is 6.04 Å². The van der Waals surface area contributed by atoms with Gasteiger partial charge in [-0.05, 0) is 48.0 Å². The van der Waals surface area contributed by atoms with Crippen LogP contribution >= 0.6 is 34.8 Å². The highest BCUT2D eigenvalue weighted by molar-refractivity contribution is 6.36. The number of halogens is 3. The second-order valence-electron chi connectivity index (χ2n) is 8.00. The number of amides is 1. The highest BCUT2D eigenvalue weighted by Gasteiger charge is 2.32. The normalized spacial score (nSPS) is 16.3. The standard InChI is InChI=1S/C26H20Cl3N3O/c27-19-8-5-18(6-9-19)25-16-31(13-14-32(25)24-12-10-20(28)15-21(24)29)26(33)23-11-7-17-3-1-2-4-22(17)30-23/h1-12,15,25H,13-14,16H2. The zero-order chi connectivity index (χ0) is 22.9. The van der Waals surface area contributed by atoms with E-state index in [4.69, 9.17) is 34.8 Å². The van der Waals surface area contributed by atoms with Gasteiger partial charge in [0.1, 0.15) is 5.69 Å². The van der Waals surface area contributed by atoms with E-state index in [-0.39, 0.29) is 11.9 Å². The van der Waals surface area contributed by atoms with Gasteiger partial charge in [-0.15, -0.1) is 0 Å². The van der Waals surface area contributed by atoms with Gasteiger partial charge in [0, 0.05) is 35.1 Å². The van der Waals surface area contributed by atoms with E-state index in [0.29, 0.717) is 40.4 Å². The smallest absolute Gasteiger partial charge is 0.272 e. The highest BCUT2D eigenvalue weighted by Crippen LogP contribution is 2.37. The van der Waals surface area contributed by atoms with Gasteiger partial charge in [0.05, 0.1) is 22.3 Å². The molecule has 1 unspecified atom stereocenters. The zero-order valence-electron chi connectivity index (χ0n) is 17.6. The number of rotatable bonds is 3. The lowest BCUT2D eigenvalue weighted by atomic mass is 10.0. The number of aromatic nitrogens is 1. The quantitative estimate of drug-likeness (QED) is 0.309. The maximum Gasteiger partial charge on any atom is 0.272 e. The predicted octanol–water partition coefficient (Wildman–Crippen LogP) is 6.90. The molecule has 0 N–H and O–H groups in total. The first-order valence-electron chi connectivity index (χ1n) is 10.6. The fourth-order valence-electron chi connectivity index (χ4n) is 4.29. The van der Waals surface area contributed by atoms with Crippen molar-refractivity contribution in [3.63, 3.8) is 0 Å². The molecule has 4 nitrogen and oxygen atoms in total. The lowest BCUT2D eigenvalue weighted by Crippen LogP contribution is -2.50. The fourth-order valence-corrected chi connectivity index (χ4v) is 4.93. The summed E-state index contributed by atoms with van der Waals surface area (Å²) in [6, 6.07) is 24.6. The largest absolute Gasteiger partial charge is 0.360 e. The molecule has 5 rings (SSSR count). The molecule has 0 radical (unpaired) electrons. The SMILES string of the molecule is O=C(c1ccc2ccccc2n1)N1CCN(c2ccc(Cl)cc2Cl)C(c2ccc(Cl)cc2)C1. The van der Waals surface area contributed by atoms with Crippen molar-refractivity contribution in [3.05, 3.63) is 105 Å². The van der Waals surface area contributed by atoms with E-state index < -0.39 is 0 Å². The summed E-state index contributed by atoms with van der Waals surface area (Å²) in [7, 11) is 0. The Kier molecular flexibility index (Phi) is 6.15. The fraction of sp³-hybridized carbons (Fsp3) is 0.154. The van der Waals surface area contributed by atoms with Gasteiger partial charge >= 0.3 is 0 Å². The third-order valence-electron chi connectivity index (χ3n) is 5.96. The number of pyridine rings is 1. The Morgan fingerprint density at radius 2 is 1.61 bits per heavy atom. The third-order valence-corrected chi connectivity index (χ3v) is 6.75. The van der Waals surface area contributed by atoms with Crippen LogP contribution in [0, 0.1) is 0 Å². The van der Waals surface area contributed by atoms with Crippen LogP contribution in [0.4, 0.5) is 5.69 Å². The Morgan fingerprint density at radius 1 is 0.848 bits per heavy atom. The van der Waals surface area contributed by atoms with E-state index in [2.05, 4.69) is 9.88 Å². The lowest BCUT2D eigenvalue weighted by molar-refractivity contribution is 0.0716. The topological polar surface area (TPSA) is 36.4 Å². The van der Waals surface area contributed by atoms with Gasteiger partial charge in [0.25, 0.3) is 5.91 Å². The number of fused-ring (bicyclic) bond motifs is 1. The summed E-state index contributed by atoms with van der Waals surface area (Å²) in [4.78, 5) is 22.1. The zero-order valence-corrected chi connectivity index (χ0v) is 19.9. The molecule has 0 bridgehead atoms. The number of hydrogen-bond acceptors (Lipinski definition) is 3. The minimum absolute atomic E-state index is 0.0819. The first-order valence-corrected chi connectivity index (χ1v) is 11.8. The van der Waals surface area contributed by atoms with Crippen LogP contribution in [-0.4, -0.2) is 35.4 Å². The molecule has 7 heteroatoms. The number of nitrogens with zero attached hydrogens (tertiary/aromatic N) is 3. The van der Waals surface area contributed by atoms with Crippen molar-refractivity contribution in [2.24, 2.45) is 0 Å². The van der Waals surface area contributed by atoms with Crippen molar-refractivity contribution in [1.29, 1.82) is 0 Å². The summed E-state index contributed by atoms with van der Waals surface area (Å²) >= 11 is 18.8. The van der Waals surface area contributed by atoms with Gasteiger partial charge in [-0.3, -0.25) is 4.79 Å². The van der Waals surface area contributed by atoms with E-state index >= 15 is 0 Å². The third kappa shape index (κ3) is 4.51. The molecule has 1 aliphatic heterocycles. The minimum atomic E-state index is -0.0981. The summed E-state index contributed by atoms with van der Waals surface area (Å²) in [6.07, 6.45) is 0. The molecule has 33 heavy (non-hydrogen) atoms. The van der Waals surface area contributed by atoms with Crippen LogP contribution in [0.1, 0.15) is 22.1 Å². The van der Waals surface area contributed by atoms with E-state index in [1.807, 2.05) is 71.6 Å². The lowest BCUT2D eigenvalue weighted by Gasteiger charge is -2.43. The predicted molar refractivity (Wildman–Crippen MR) is 136 cm³/mol. The highest BCUT2D eigenvalue weighted by atomic mass is 35.5. The van der Waals surface area contributed by atoms with Crippen molar-refractivity contribution in [2.75, 3.05) is 24.5 Å². The number of para-hydroxylation sites is 1. The van der Waals surface area contributed by atoms with E-state index in [0.717, 1.165) is 22.2 Å². The first kappa shape index (κ1) is 22.0. The van der Waals surface area contributed by atoms with Crippen LogP contribution in [0.25, 0.3) is 10.9 Å². The molecule has 1 aliphatic rings. The van der Waals surface area contributed by atoms with Crippen molar-refractivity contribution >= 4 is 57.3 Å². The van der Waals surface area contributed by atoms with Crippen LogP contribution in [0.2, 0.25) is 15.1 Å². The molecule has 1 saturated heterocycles. The Hall–Kier alpha value is -2.79. The second-order valence-corrected chi connectivity index (χ2v) is 9.28. The van der Waals surface area contributed by atoms with Gasteiger partial charge in [-0.25, -0.2) is 4.98 Å². The average molecular weight is 497 g/mol. The number of piperazine rings is 1. The number of hydrogen-bond donors (Lipinski definition) is 0. The molecule has 0 aliphatic carbocycles. The monoisotopic (exact) mass is 495 g/mol. The van der Waals surface area contributed by atoms with Crippen molar-refractivity contribution in [1.82, 2.24) is 9.88 Å².